The largest absolute Gasteiger partial charge is 0.491 e. The van der Waals surface area contributed by atoms with Crippen LogP contribution in [0.2, 0.25) is 0 Å². The number of halogens is 2. The smallest absolute Gasteiger partial charge is 0.423 e. The van der Waals surface area contributed by atoms with Crippen molar-refractivity contribution < 1.29 is 18.8 Å². The van der Waals surface area contributed by atoms with E-state index in [0.29, 0.717) is 5.56 Å². The molecule has 0 heterocycles. The highest BCUT2D eigenvalue weighted by Crippen LogP contribution is 2.24. The van der Waals surface area contributed by atoms with E-state index in [0.717, 1.165) is 12.0 Å². The fraction of sp³-hybridized carbons (Fsp3) is 0.143. The van der Waals surface area contributed by atoms with Crippen LogP contribution in [-0.2, 0) is 6.42 Å². The zero-order valence-corrected chi connectivity index (χ0v) is 10.4. The number of aryl methyl sites for hydroxylation is 1. The van der Waals surface area contributed by atoms with Gasteiger partial charge >= 0.3 is 7.12 Å². The van der Waals surface area contributed by atoms with Gasteiger partial charge in [-0.1, -0.05) is 43.3 Å². The Balaban J connectivity index is 2.54. The second-order valence-electron chi connectivity index (χ2n) is 4.26. The van der Waals surface area contributed by atoms with Crippen LogP contribution in [0.4, 0.5) is 8.78 Å². The lowest BCUT2D eigenvalue weighted by atomic mass is 9.79. The summed E-state index contributed by atoms with van der Waals surface area (Å²) in [6.07, 6.45) is 0.797. The first kappa shape index (κ1) is 13.7. The maximum atomic E-state index is 13.9. The van der Waals surface area contributed by atoms with Crippen LogP contribution in [0.3, 0.4) is 0 Å². The van der Waals surface area contributed by atoms with E-state index in [1.54, 1.807) is 18.2 Å². The molecule has 98 valence electrons. The van der Waals surface area contributed by atoms with E-state index in [2.05, 4.69) is 0 Å². The Bertz CT molecular complexity index is 600. The zero-order chi connectivity index (χ0) is 14.0. The van der Waals surface area contributed by atoms with Gasteiger partial charge in [0.2, 0.25) is 0 Å². The summed E-state index contributed by atoms with van der Waals surface area (Å²) in [5, 5.41) is 17.8. The van der Waals surface area contributed by atoms with Crippen molar-refractivity contribution in [1.82, 2.24) is 0 Å². The molecular formula is C14H13BF2O2. The first-order valence-electron chi connectivity index (χ1n) is 5.98. The molecule has 0 radical (unpaired) electrons. The van der Waals surface area contributed by atoms with Gasteiger partial charge in [-0.05, 0) is 17.5 Å². The van der Waals surface area contributed by atoms with E-state index in [-0.39, 0.29) is 5.56 Å². The van der Waals surface area contributed by atoms with Crippen molar-refractivity contribution in [2.24, 2.45) is 0 Å². The third kappa shape index (κ3) is 2.67. The van der Waals surface area contributed by atoms with Crippen LogP contribution in [0.1, 0.15) is 12.5 Å². The first-order valence-corrected chi connectivity index (χ1v) is 5.98. The summed E-state index contributed by atoms with van der Waals surface area (Å²) in [7, 11) is -2.02. The van der Waals surface area contributed by atoms with Gasteiger partial charge in [0.25, 0.3) is 0 Å². The molecule has 2 rings (SSSR count). The van der Waals surface area contributed by atoms with Gasteiger partial charge in [-0.2, -0.15) is 0 Å². The van der Waals surface area contributed by atoms with Crippen LogP contribution >= 0.6 is 0 Å². The van der Waals surface area contributed by atoms with E-state index < -0.39 is 24.2 Å². The fourth-order valence-electron chi connectivity index (χ4n) is 1.95. The minimum atomic E-state index is -2.02. The highest BCUT2D eigenvalue weighted by atomic mass is 19.2. The van der Waals surface area contributed by atoms with Gasteiger partial charge in [-0.3, -0.25) is 0 Å². The van der Waals surface area contributed by atoms with Crippen molar-refractivity contribution in [2.45, 2.75) is 13.3 Å². The second-order valence-corrected chi connectivity index (χ2v) is 4.26. The highest BCUT2D eigenvalue weighted by molar-refractivity contribution is 6.58. The van der Waals surface area contributed by atoms with Crippen LogP contribution in [0.15, 0.2) is 36.4 Å². The van der Waals surface area contributed by atoms with Gasteiger partial charge in [0.15, 0.2) is 11.6 Å². The lowest BCUT2D eigenvalue weighted by molar-refractivity contribution is 0.420. The van der Waals surface area contributed by atoms with E-state index in [1.165, 1.54) is 12.1 Å². The van der Waals surface area contributed by atoms with E-state index in [1.807, 2.05) is 13.0 Å². The van der Waals surface area contributed by atoms with Gasteiger partial charge in [0, 0.05) is 11.0 Å². The summed E-state index contributed by atoms with van der Waals surface area (Å²) < 4.78 is 27.6. The van der Waals surface area contributed by atoms with Crippen molar-refractivity contribution >= 4 is 12.6 Å². The van der Waals surface area contributed by atoms with Gasteiger partial charge < -0.3 is 10.0 Å². The van der Waals surface area contributed by atoms with E-state index >= 15 is 0 Å². The van der Waals surface area contributed by atoms with Gasteiger partial charge in [-0.15, -0.1) is 0 Å². The Labute approximate surface area is 110 Å². The summed E-state index contributed by atoms with van der Waals surface area (Å²) in [5.41, 5.74) is 1.23. The highest BCUT2D eigenvalue weighted by Gasteiger charge is 2.22. The molecule has 0 bridgehead atoms. The summed E-state index contributed by atoms with van der Waals surface area (Å²) in [5.74, 6) is -2.30. The van der Waals surface area contributed by atoms with E-state index in [4.69, 9.17) is 10.0 Å². The molecule has 2 nitrogen and oxygen atoms in total. The molecule has 0 saturated carbocycles. The molecule has 5 heteroatoms. The Hall–Kier alpha value is -1.72. The van der Waals surface area contributed by atoms with Gasteiger partial charge in [-0.25, -0.2) is 8.78 Å². The van der Waals surface area contributed by atoms with Crippen LogP contribution < -0.4 is 5.46 Å². The molecule has 2 aromatic rings. The van der Waals surface area contributed by atoms with Crippen molar-refractivity contribution in [3.8, 4) is 11.1 Å². The minimum Gasteiger partial charge on any atom is -0.423 e. The van der Waals surface area contributed by atoms with Crippen molar-refractivity contribution in [1.29, 1.82) is 0 Å². The molecule has 0 aliphatic carbocycles. The lowest BCUT2D eigenvalue weighted by Gasteiger charge is -2.09. The lowest BCUT2D eigenvalue weighted by Crippen LogP contribution is -2.33. The molecule has 2 N–H and O–H groups in total. The number of hydrogen-bond acceptors (Lipinski definition) is 2. The predicted octanol–water partition coefficient (Wildman–Crippen LogP) is 1.87. The van der Waals surface area contributed by atoms with Crippen molar-refractivity contribution in [3.05, 3.63) is 53.6 Å². The molecule has 0 aliphatic heterocycles. The van der Waals surface area contributed by atoms with Gasteiger partial charge in [0.1, 0.15) is 0 Å². The molecule has 0 unspecified atom stereocenters. The summed E-state index contributed by atoms with van der Waals surface area (Å²) >= 11 is 0. The minimum absolute atomic E-state index is 0.109. The Morgan fingerprint density at radius 3 is 2.42 bits per heavy atom. The quantitative estimate of drug-likeness (QED) is 0.829. The van der Waals surface area contributed by atoms with Gasteiger partial charge in [0.05, 0.1) is 0 Å². The SMILES string of the molecule is CCc1cccc(-c2ccc(B(O)O)c(F)c2F)c1. The van der Waals surface area contributed by atoms with Crippen LogP contribution in [0.25, 0.3) is 11.1 Å². The second kappa shape index (κ2) is 5.51. The maximum absolute atomic E-state index is 13.9. The summed E-state index contributed by atoms with van der Waals surface area (Å²) in [6, 6.07) is 9.68. The summed E-state index contributed by atoms with van der Waals surface area (Å²) in [4.78, 5) is 0. The molecular weight excluding hydrogens is 249 g/mol. The maximum Gasteiger partial charge on any atom is 0.491 e. The normalized spacial score (nSPS) is 10.6. The molecule has 0 spiro atoms. The predicted molar refractivity (Wildman–Crippen MR) is 71.0 cm³/mol. The Morgan fingerprint density at radius 2 is 1.79 bits per heavy atom. The van der Waals surface area contributed by atoms with Crippen LogP contribution in [-0.4, -0.2) is 17.2 Å². The van der Waals surface area contributed by atoms with Crippen molar-refractivity contribution in [3.63, 3.8) is 0 Å². The van der Waals surface area contributed by atoms with Crippen LogP contribution in [0.5, 0.6) is 0 Å². The molecule has 19 heavy (non-hydrogen) atoms. The average Bonchev–Trinajstić information content (AvgIpc) is 2.41. The number of rotatable bonds is 3. The Morgan fingerprint density at radius 1 is 1.05 bits per heavy atom. The average molecular weight is 262 g/mol. The van der Waals surface area contributed by atoms with Crippen LogP contribution in [0, 0.1) is 11.6 Å². The standard InChI is InChI=1S/C14H13BF2O2/c1-2-9-4-3-5-10(8-9)11-6-7-12(15(18)19)14(17)13(11)16/h3-8,18-19H,2H2,1H3. The number of benzene rings is 2. The molecule has 0 atom stereocenters. The molecule has 0 fully saturated rings. The third-order valence-electron chi connectivity index (χ3n) is 3.04. The first-order chi connectivity index (χ1) is 9.04. The number of hydrogen-bond donors (Lipinski definition) is 2. The molecule has 0 saturated heterocycles. The Kier molecular flexibility index (Phi) is 3.97. The molecule has 0 amide bonds. The van der Waals surface area contributed by atoms with Crippen molar-refractivity contribution in [2.75, 3.05) is 0 Å². The topological polar surface area (TPSA) is 40.5 Å². The van der Waals surface area contributed by atoms with E-state index in [9.17, 15) is 8.78 Å². The third-order valence-corrected chi connectivity index (χ3v) is 3.04. The monoisotopic (exact) mass is 262 g/mol. The molecule has 0 aliphatic rings. The molecule has 0 aromatic heterocycles. The zero-order valence-electron chi connectivity index (χ0n) is 10.4. The fourth-order valence-corrected chi connectivity index (χ4v) is 1.95. The summed E-state index contributed by atoms with van der Waals surface area (Å²) in [6.45, 7) is 1.97. The molecule has 2 aromatic carbocycles.